The van der Waals surface area contributed by atoms with Gasteiger partial charge in [0.1, 0.15) is 47.3 Å². The number of carbonyl (C=O) groups is 3. The number of hydrogen-bond acceptors (Lipinski definition) is 16. The third-order valence-corrected chi connectivity index (χ3v) is 15.2. The first-order valence-corrected chi connectivity index (χ1v) is 24.6. The fraction of sp³-hybridized carbons (Fsp3) is 0.491. The maximum atomic E-state index is 15.3. The molecule has 1 saturated heterocycles. The summed E-state index contributed by atoms with van der Waals surface area (Å²) in [6.07, 6.45) is 7.24. The standard InChI is InChI=1S/C55H65N3O14/c1-27(2)11-10-20-53(8)21-19-34-45(71-53)33(17-12-28(3)4)47-38(46(34)70-50(65)31-13-15-32(16-14-31)68-51-44(62)43(61)42(60)37(26-59)69-51)40-39-41(58-24-23-56-52(58)57-40)35-25-36(29(5)6)55(39,72-47)54(66,48(35)63)22-18-30(7)49(64)67-9/h11-16,18-19,21,23-24,29,35-37,41-44,51,59-62,66H,10,17,20,22,25-26H2,1-9H3,(H,56,57)/b30-18-/t35?,36?,37-,41?,42-,43+,44-,51-,53?,54?,55?/m0/s1. The number of Topliss-reactive ketones (excluding diaryl/α,β-unsaturated/α-hetero) is 1. The van der Waals surface area contributed by atoms with Crippen LogP contribution in [0.1, 0.15) is 114 Å². The Labute approximate surface area is 418 Å². The molecule has 10 rings (SSSR count). The zero-order valence-electron chi connectivity index (χ0n) is 42.1. The summed E-state index contributed by atoms with van der Waals surface area (Å²) in [5, 5.41) is 58.1. The van der Waals surface area contributed by atoms with Gasteiger partial charge >= 0.3 is 11.9 Å². The summed E-state index contributed by atoms with van der Waals surface area (Å²) in [7, 11) is 1.27. The summed E-state index contributed by atoms with van der Waals surface area (Å²) in [6, 6.07) is 5.16. The van der Waals surface area contributed by atoms with E-state index >= 15 is 4.79 Å². The van der Waals surface area contributed by atoms with Crippen LogP contribution in [0.15, 0.2) is 83.3 Å². The topological polar surface area (TPSA) is 238 Å². The van der Waals surface area contributed by atoms with Crippen LogP contribution >= 0.6 is 0 Å². The number of esters is 2. The van der Waals surface area contributed by atoms with Gasteiger partial charge < -0.3 is 63.8 Å². The van der Waals surface area contributed by atoms with Crippen molar-refractivity contribution in [2.75, 3.05) is 19.0 Å². The van der Waals surface area contributed by atoms with Crippen LogP contribution in [0.4, 0.5) is 5.95 Å². The van der Waals surface area contributed by atoms with Crippen LogP contribution in [0.5, 0.6) is 23.0 Å². The molecule has 72 heavy (non-hydrogen) atoms. The van der Waals surface area contributed by atoms with Crippen LogP contribution in [0.25, 0.3) is 11.8 Å². The molecule has 1 spiro atoms. The number of ketones is 1. The SMILES string of the molecule is COC(=O)/C(C)=C\CC1(O)C(=O)C2CC(C(C)C)C13Oc1c(CC=C(C)C)c4c(c(OC(=O)c5ccc(O[C@H]6O[C@@H](CO)[C@H](O)[C@@H](O)[C@@H]6O)cc5)c1C1=C3C2n2ccnc2N1)C=CC(C)(CCC=C(C)C)O4. The average molecular weight is 992 g/mol. The number of imidazole rings is 1. The second-order valence-corrected chi connectivity index (χ2v) is 20.9. The van der Waals surface area contributed by atoms with Crippen molar-refractivity contribution in [3.8, 4) is 23.0 Å². The fourth-order valence-electron chi connectivity index (χ4n) is 11.4. The van der Waals surface area contributed by atoms with Crippen molar-refractivity contribution in [1.82, 2.24) is 9.55 Å². The molecule has 3 saturated carbocycles. The number of nitrogens with one attached hydrogen (secondary N) is 1. The number of anilines is 1. The largest absolute Gasteiger partial charge is 0.482 e. The number of aliphatic hydroxyl groups is 5. The van der Waals surface area contributed by atoms with Crippen LogP contribution in [0, 0.1) is 17.8 Å². The number of nitrogens with zero attached hydrogens (tertiary/aromatic N) is 2. The highest BCUT2D eigenvalue weighted by molar-refractivity contribution is 6.03. The molecule has 11 atom stereocenters. The molecular weight excluding hydrogens is 927 g/mol. The van der Waals surface area contributed by atoms with Crippen molar-refractivity contribution in [1.29, 1.82) is 0 Å². The lowest BCUT2D eigenvalue weighted by molar-refractivity contribution is -0.277. The molecule has 6 unspecified atom stereocenters. The Morgan fingerprint density at radius 2 is 1.71 bits per heavy atom. The lowest BCUT2D eigenvalue weighted by Gasteiger charge is -2.66. The maximum Gasteiger partial charge on any atom is 0.343 e. The van der Waals surface area contributed by atoms with Gasteiger partial charge in [0.25, 0.3) is 0 Å². The van der Waals surface area contributed by atoms with E-state index in [0.29, 0.717) is 58.9 Å². The minimum atomic E-state index is -2.21. The Morgan fingerprint density at radius 3 is 2.38 bits per heavy atom. The predicted molar refractivity (Wildman–Crippen MR) is 264 cm³/mol. The van der Waals surface area contributed by atoms with E-state index in [1.165, 1.54) is 31.4 Å². The van der Waals surface area contributed by atoms with Crippen molar-refractivity contribution in [3.63, 3.8) is 0 Å². The van der Waals surface area contributed by atoms with Crippen molar-refractivity contribution in [3.05, 3.63) is 106 Å². The molecule has 2 bridgehead atoms. The van der Waals surface area contributed by atoms with Gasteiger partial charge in [-0.05, 0) is 110 Å². The first-order valence-electron chi connectivity index (χ1n) is 24.6. The molecule has 5 heterocycles. The van der Waals surface area contributed by atoms with Gasteiger partial charge in [0, 0.05) is 47.4 Å². The molecule has 3 aromatic rings. The number of hydrogen-bond donors (Lipinski definition) is 6. The van der Waals surface area contributed by atoms with Gasteiger partial charge in [0.2, 0.25) is 12.2 Å². The number of allylic oxidation sites excluding steroid dienone is 4. The number of aliphatic hydroxyl groups excluding tert-OH is 4. The molecule has 384 valence electrons. The molecule has 6 N–H and O–H groups in total. The first-order chi connectivity index (χ1) is 34.2. The van der Waals surface area contributed by atoms with Crippen LogP contribution in [0.3, 0.4) is 0 Å². The molecule has 4 fully saturated rings. The molecule has 1 aromatic heterocycles. The number of rotatable bonds is 14. The molecular formula is C55H65N3O14. The van der Waals surface area contributed by atoms with E-state index in [-0.39, 0.29) is 47.1 Å². The number of fused-ring (bicyclic) bond motifs is 6. The quantitative estimate of drug-likeness (QED) is 0.0448. The maximum absolute atomic E-state index is 15.3. The van der Waals surface area contributed by atoms with Crippen molar-refractivity contribution >= 4 is 35.4 Å². The lowest BCUT2D eigenvalue weighted by Crippen LogP contribution is -2.78. The summed E-state index contributed by atoms with van der Waals surface area (Å²) in [6.45, 7) is 15.1. The predicted octanol–water partition coefficient (Wildman–Crippen LogP) is 6.32. The van der Waals surface area contributed by atoms with E-state index in [2.05, 4.69) is 11.4 Å². The monoisotopic (exact) mass is 991 g/mol. The zero-order valence-corrected chi connectivity index (χ0v) is 42.1. The van der Waals surface area contributed by atoms with Gasteiger partial charge in [-0.1, -0.05) is 43.2 Å². The average Bonchev–Trinajstić information content (AvgIpc) is 3.83. The number of benzene rings is 2. The van der Waals surface area contributed by atoms with E-state index < -0.39 is 89.7 Å². The summed E-state index contributed by atoms with van der Waals surface area (Å²) in [5.41, 5.74) is 0.179. The highest BCUT2D eigenvalue weighted by Gasteiger charge is 2.76. The Bertz CT molecular complexity index is 2830. The Balaban J connectivity index is 1.25. The van der Waals surface area contributed by atoms with E-state index in [1.54, 1.807) is 25.4 Å². The number of methoxy groups -OCH3 is 1. The molecule has 4 aliphatic heterocycles. The fourth-order valence-corrected chi connectivity index (χ4v) is 11.4. The molecule has 0 amide bonds. The summed E-state index contributed by atoms with van der Waals surface area (Å²) >= 11 is 0. The Morgan fingerprint density at radius 1 is 0.986 bits per heavy atom. The molecule has 0 radical (unpaired) electrons. The van der Waals surface area contributed by atoms with Crippen LogP contribution in [0.2, 0.25) is 0 Å². The van der Waals surface area contributed by atoms with Crippen LogP contribution in [-0.4, -0.2) is 114 Å². The van der Waals surface area contributed by atoms with Crippen LogP contribution in [-0.2, 0) is 25.5 Å². The normalized spacial score (nSPS) is 30.7. The van der Waals surface area contributed by atoms with Gasteiger partial charge in [-0.2, -0.15) is 0 Å². The van der Waals surface area contributed by atoms with E-state index in [4.69, 9.17) is 33.4 Å². The van der Waals surface area contributed by atoms with E-state index in [9.17, 15) is 35.1 Å². The second kappa shape index (κ2) is 19.1. The molecule has 7 aliphatic rings. The number of carbonyl (C=O) groups excluding carboxylic acids is 3. The summed E-state index contributed by atoms with van der Waals surface area (Å²) in [5.74, 6) is -1.82. The van der Waals surface area contributed by atoms with Crippen LogP contribution < -0.4 is 24.3 Å². The second-order valence-electron chi connectivity index (χ2n) is 20.9. The smallest absolute Gasteiger partial charge is 0.343 e. The van der Waals surface area contributed by atoms with E-state index in [1.807, 2.05) is 71.3 Å². The highest BCUT2D eigenvalue weighted by atomic mass is 16.7. The van der Waals surface area contributed by atoms with Gasteiger partial charge in [0.15, 0.2) is 22.7 Å². The number of aromatic nitrogens is 2. The van der Waals surface area contributed by atoms with Gasteiger partial charge in [-0.3, -0.25) is 4.79 Å². The lowest BCUT2D eigenvalue weighted by atomic mass is 9.46. The highest BCUT2D eigenvalue weighted by Crippen LogP contribution is 2.69. The Kier molecular flexibility index (Phi) is 13.5. The third kappa shape index (κ3) is 8.27. The number of ether oxygens (including phenoxy) is 6. The van der Waals surface area contributed by atoms with E-state index in [0.717, 1.165) is 11.1 Å². The molecule has 3 aliphatic carbocycles. The molecule has 17 heteroatoms. The third-order valence-electron chi connectivity index (χ3n) is 15.2. The van der Waals surface area contributed by atoms with Crippen molar-refractivity contribution in [2.45, 2.75) is 141 Å². The zero-order chi connectivity index (χ0) is 51.8. The molecule has 17 nitrogen and oxygen atoms in total. The van der Waals surface area contributed by atoms with Crippen molar-refractivity contribution < 1.29 is 68.3 Å². The van der Waals surface area contributed by atoms with Gasteiger partial charge in [-0.25, -0.2) is 14.6 Å². The molecule has 2 aromatic carbocycles. The minimum Gasteiger partial charge on any atom is -0.482 e. The van der Waals surface area contributed by atoms with Gasteiger partial charge in [0.05, 0.1) is 42.1 Å². The van der Waals surface area contributed by atoms with Gasteiger partial charge in [-0.15, -0.1) is 0 Å². The summed E-state index contributed by atoms with van der Waals surface area (Å²) in [4.78, 5) is 47.6. The summed E-state index contributed by atoms with van der Waals surface area (Å²) < 4.78 is 39.8. The minimum absolute atomic E-state index is 0.0950. The Hall–Kier alpha value is -6.08. The van der Waals surface area contributed by atoms with Crippen molar-refractivity contribution in [2.24, 2.45) is 17.8 Å². The first kappa shape index (κ1) is 50.8.